The van der Waals surface area contributed by atoms with Crippen molar-refractivity contribution in [3.63, 3.8) is 0 Å². The standard InChI is InChI=1S/C17H21N3O/c1-3-20(12-15-9-6-7-13(2)19-15)17(21)11-14-8-4-5-10-16(14)18/h4-10H,3,11-12,18H2,1-2H3. The Morgan fingerprint density at radius 2 is 1.95 bits per heavy atom. The molecular formula is C17H21N3O. The van der Waals surface area contributed by atoms with Crippen LogP contribution in [-0.4, -0.2) is 22.3 Å². The topological polar surface area (TPSA) is 59.2 Å². The zero-order valence-electron chi connectivity index (χ0n) is 12.5. The van der Waals surface area contributed by atoms with Crippen LogP contribution in [0.4, 0.5) is 5.69 Å². The second-order valence-corrected chi connectivity index (χ2v) is 5.05. The predicted molar refractivity (Wildman–Crippen MR) is 84.6 cm³/mol. The molecule has 0 saturated carbocycles. The highest BCUT2D eigenvalue weighted by atomic mass is 16.2. The van der Waals surface area contributed by atoms with Crippen molar-refractivity contribution in [1.82, 2.24) is 9.88 Å². The van der Waals surface area contributed by atoms with Crippen LogP contribution in [0.25, 0.3) is 0 Å². The van der Waals surface area contributed by atoms with Gasteiger partial charge in [-0.25, -0.2) is 0 Å². The summed E-state index contributed by atoms with van der Waals surface area (Å²) in [6, 6.07) is 13.3. The van der Waals surface area contributed by atoms with E-state index in [2.05, 4.69) is 4.98 Å². The third-order valence-electron chi connectivity index (χ3n) is 3.43. The smallest absolute Gasteiger partial charge is 0.227 e. The highest BCUT2D eigenvalue weighted by Gasteiger charge is 2.14. The molecule has 4 nitrogen and oxygen atoms in total. The minimum absolute atomic E-state index is 0.0682. The maximum atomic E-state index is 12.4. The zero-order valence-corrected chi connectivity index (χ0v) is 12.5. The molecule has 0 aliphatic heterocycles. The van der Waals surface area contributed by atoms with Crippen LogP contribution < -0.4 is 5.73 Å². The molecule has 1 aromatic carbocycles. The fourth-order valence-corrected chi connectivity index (χ4v) is 2.23. The Bertz CT molecular complexity index is 625. The van der Waals surface area contributed by atoms with Crippen molar-refractivity contribution in [3.05, 3.63) is 59.4 Å². The van der Waals surface area contributed by atoms with Crippen LogP contribution in [0.2, 0.25) is 0 Å². The van der Waals surface area contributed by atoms with E-state index in [-0.39, 0.29) is 5.91 Å². The molecule has 0 saturated heterocycles. The van der Waals surface area contributed by atoms with Crippen LogP contribution in [-0.2, 0) is 17.8 Å². The molecule has 0 aliphatic rings. The van der Waals surface area contributed by atoms with E-state index in [0.717, 1.165) is 17.0 Å². The van der Waals surface area contributed by atoms with Gasteiger partial charge in [-0.05, 0) is 37.6 Å². The number of carbonyl (C=O) groups is 1. The molecule has 110 valence electrons. The SMILES string of the molecule is CCN(Cc1cccc(C)n1)C(=O)Cc1ccccc1N. The van der Waals surface area contributed by atoms with Crippen LogP contribution in [0.15, 0.2) is 42.5 Å². The van der Waals surface area contributed by atoms with E-state index < -0.39 is 0 Å². The summed E-state index contributed by atoms with van der Waals surface area (Å²) in [5.41, 5.74) is 9.31. The number of hydrogen-bond acceptors (Lipinski definition) is 3. The Morgan fingerprint density at radius 3 is 2.62 bits per heavy atom. The van der Waals surface area contributed by atoms with Crippen molar-refractivity contribution < 1.29 is 4.79 Å². The van der Waals surface area contributed by atoms with Crippen LogP contribution >= 0.6 is 0 Å². The van der Waals surface area contributed by atoms with Crippen molar-refractivity contribution >= 4 is 11.6 Å². The minimum Gasteiger partial charge on any atom is -0.398 e. The number of rotatable bonds is 5. The lowest BCUT2D eigenvalue weighted by Crippen LogP contribution is -2.32. The first kappa shape index (κ1) is 15.0. The number of hydrogen-bond donors (Lipinski definition) is 1. The molecule has 1 aromatic heterocycles. The van der Waals surface area contributed by atoms with E-state index in [9.17, 15) is 4.79 Å². The molecule has 1 amide bonds. The molecule has 21 heavy (non-hydrogen) atoms. The molecule has 0 radical (unpaired) electrons. The molecule has 0 atom stereocenters. The summed E-state index contributed by atoms with van der Waals surface area (Å²) >= 11 is 0. The van der Waals surface area contributed by atoms with Gasteiger partial charge in [-0.3, -0.25) is 9.78 Å². The number of nitrogens with zero attached hydrogens (tertiary/aromatic N) is 2. The number of aromatic nitrogens is 1. The lowest BCUT2D eigenvalue weighted by Gasteiger charge is -2.21. The van der Waals surface area contributed by atoms with E-state index in [0.29, 0.717) is 25.2 Å². The van der Waals surface area contributed by atoms with Gasteiger partial charge in [0.1, 0.15) is 0 Å². The predicted octanol–water partition coefficient (Wildman–Crippen LogP) is 2.56. The maximum absolute atomic E-state index is 12.4. The van der Waals surface area contributed by atoms with Crippen molar-refractivity contribution in [3.8, 4) is 0 Å². The maximum Gasteiger partial charge on any atom is 0.227 e. The molecule has 1 heterocycles. The van der Waals surface area contributed by atoms with Gasteiger partial charge >= 0.3 is 0 Å². The molecule has 0 spiro atoms. The highest BCUT2D eigenvalue weighted by molar-refractivity contribution is 5.80. The summed E-state index contributed by atoms with van der Waals surface area (Å²) in [4.78, 5) is 18.7. The van der Waals surface area contributed by atoms with E-state index in [4.69, 9.17) is 5.73 Å². The van der Waals surface area contributed by atoms with Crippen LogP contribution in [0, 0.1) is 6.92 Å². The number of aryl methyl sites for hydroxylation is 1. The summed E-state index contributed by atoms with van der Waals surface area (Å²) in [7, 11) is 0. The van der Waals surface area contributed by atoms with Crippen molar-refractivity contribution in [2.45, 2.75) is 26.8 Å². The Balaban J connectivity index is 2.07. The first-order valence-corrected chi connectivity index (χ1v) is 7.14. The quantitative estimate of drug-likeness (QED) is 0.858. The average Bonchev–Trinajstić information content (AvgIpc) is 2.47. The fraction of sp³-hybridized carbons (Fsp3) is 0.294. The third-order valence-corrected chi connectivity index (χ3v) is 3.43. The summed E-state index contributed by atoms with van der Waals surface area (Å²) in [6.45, 7) is 5.11. The van der Waals surface area contributed by atoms with E-state index >= 15 is 0 Å². The third kappa shape index (κ3) is 4.05. The number of para-hydroxylation sites is 1. The lowest BCUT2D eigenvalue weighted by atomic mass is 10.1. The van der Waals surface area contributed by atoms with Crippen molar-refractivity contribution in [2.24, 2.45) is 0 Å². The second kappa shape index (κ2) is 6.88. The van der Waals surface area contributed by atoms with E-state index in [1.165, 1.54) is 0 Å². The van der Waals surface area contributed by atoms with Gasteiger partial charge in [-0.15, -0.1) is 0 Å². The summed E-state index contributed by atoms with van der Waals surface area (Å²) in [5.74, 6) is 0.0682. The molecule has 2 N–H and O–H groups in total. The van der Waals surface area contributed by atoms with E-state index in [1.807, 2.05) is 56.3 Å². The van der Waals surface area contributed by atoms with Crippen molar-refractivity contribution in [2.75, 3.05) is 12.3 Å². The molecule has 0 unspecified atom stereocenters. The molecule has 4 heteroatoms. The number of likely N-dealkylation sites (N-methyl/N-ethyl adjacent to an activating group) is 1. The Kier molecular flexibility index (Phi) is 4.93. The first-order chi connectivity index (χ1) is 10.1. The summed E-state index contributed by atoms with van der Waals surface area (Å²) in [6.07, 6.45) is 0.326. The minimum atomic E-state index is 0.0682. The average molecular weight is 283 g/mol. The number of pyridine rings is 1. The van der Waals surface area contributed by atoms with Crippen molar-refractivity contribution in [1.29, 1.82) is 0 Å². The van der Waals surface area contributed by atoms with Gasteiger partial charge in [0.2, 0.25) is 5.91 Å². The van der Waals surface area contributed by atoms with Gasteiger partial charge in [0.05, 0.1) is 18.7 Å². The van der Waals surface area contributed by atoms with Crippen LogP contribution in [0.3, 0.4) is 0 Å². The molecule has 0 fully saturated rings. The summed E-state index contributed by atoms with van der Waals surface area (Å²) in [5, 5.41) is 0. The monoisotopic (exact) mass is 283 g/mol. The van der Waals surface area contributed by atoms with Gasteiger partial charge in [0, 0.05) is 17.9 Å². The lowest BCUT2D eigenvalue weighted by molar-refractivity contribution is -0.130. The molecule has 0 aliphatic carbocycles. The molecule has 0 bridgehead atoms. The van der Waals surface area contributed by atoms with Gasteiger partial charge in [-0.2, -0.15) is 0 Å². The first-order valence-electron chi connectivity index (χ1n) is 7.14. The van der Waals surface area contributed by atoms with Gasteiger partial charge in [0.15, 0.2) is 0 Å². The fourth-order valence-electron chi connectivity index (χ4n) is 2.23. The number of carbonyl (C=O) groups excluding carboxylic acids is 1. The largest absolute Gasteiger partial charge is 0.398 e. The molecular weight excluding hydrogens is 262 g/mol. The van der Waals surface area contributed by atoms with E-state index in [1.54, 1.807) is 4.90 Å². The normalized spacial score (nSPS) is 10.4. The van der Waals surface area contributed by atoms with Gasteiger partial charge < -0.3 is 10.6 Å². The number of nitrogens with two attached hydrogens (primary N) is 1. The number of benzene rings is 1. The molecule has 2 rings (SSSR count). The number of amides is 1. The number of nitrogen functional groups attached to an aromatic ring is 1. The van der Waals surface area contributed by atoms with Crippen LogP contribution in [0.5, 0.6) is 0 Å². The Labute approximate surface area is 125 Å². The summed E-state index contributed by atoms with van der Waals surface area (Å²) < 4.78 is 0. The van der Waals surface area contributed by atoms with Crippen LogP contribution in [0.1, 0.15) is 23.9 Å². The highest BCUT2D eigenvalue weighted by Crippen LogP contribution is 2.13. The number of anilines is 1. The molecule has 2 aromatic rings. The van der Waals surface area contributed by atoms with Gasteiger partial charge in [-0.1, -0.05) is 24.3 Å². The Morgan fingerprint density at radius 1 is 1.19 bits per heavy atom. The zero-order chi connectivity index (χ0) is 15.2. The second-order valence-electron chi connectivity index (χ2n) is 5.05. The Hall–Kier alpha value is -2.36. The van der Waals surface area contributed by atoms with Gasteiger partial charge in [0.25, 0.3) is 0 Å².